The highest BCUT2D eigenvalue weighted by Gasteiger charge is 2.36. The minimum atomic E-state index is -0.143. The molecule has 1 aliphatic heterocycles. The van der Waals surface area contributed by atoms with Crippen LogP contribution >= 0.6 is 0 Å². The molecule has 3 rings (SSSR count). The van der Waals surface area contributed by atoms with Crippen LogP contribution in [-0.2, 0) is 9.53 Å². The molecule has 6 heteroatoms. The monoisotopic (exact) mass is 260 g/mol. The maximum absolute atomic E-state index is 11.7. The van der Waals surface area contributed by atoms with Crippen LogP contribution in [0.15, 0.2) is 24.7 Å². The van der Waals surface area contributed by atoms with E-state index in [0.717, 1.165) is 17.9 Å². The fraction of sp³-hybridized carbons (Fsp3) is 0.462. The first-order valence-corrected chi connectivity index (χ1v) is 6.32. The van der Waals surface area contributed by atoms with E-state index >= 15 is 0 Å². The van der Waals surface area contributed by atoms with Crippen molar-refractivity contribution in [3.05, 3.63) is 24.7 Å². The van der Waals surface area contributed by atoms with Crippen LogP contribution in [0.2, 0.25) is 0 Å². The zero-order valence-corrected chi connectivity index (χ0v) is 11.0. The van der Waals surface area contributed by atoms with Gasteiger partial charge in [-0.3, -0.25) is 4.79 Å². The summed E-state index contributed by atoms with van der Waals surface area (Å²) in [5.41, 5.74) is 0.959. The van der Waals surface area contributed by atoms with Crippen molar-refractivity contribution in [3.63, 3.8) is 0 Å². The summed E-state index contributed by atoms with van der Waals surface area (Å²) in [5, 5.41) is 4.20. The van der Waals surface area contributed by atoms with Gasteiger partial charge in [-0.05, 0) is 12.0 Å². The van der Waals surface area contributed by atoms with Crippen LogP contribution in [0.1, 0.15) is 6.92 Å². The molecule has 0 radical (unpaired) electrons. The summed E-state index contributed by atoms with van der Waals surface area (Å²) in [6.07, 6.45) is 5.29. The number of anilines is 1. The van der Waals surface area contributed by atoms with Gasteiger partial charge in [-0.1, -0.05) is 6.92 Å². The minimum absolute atomic E-state index is 0.0880. The second-order valence-corrected chi connectivity index (χ2v) is 4.92. The van der Waals surface area contributed by atoms with Crippen LogP contribution < -0.4 is 4.90 Å². The average molecular weight is 260 g/mol. The van der Waals surface area contributed by atoms with Gasteiger partial charge in [-0.15, -0.1) is 0 Å². The van der Waals surface area contributed by atoms with Gasteiger partial charge in [0.15, 0.2) is 5.82 Å². The number of rotatable bonds is 2. The topological polar surface area (TPSA) is 59.7 Å². The van der Waals surface area contributed by atoms with Crippen molar-refractivity contribution in [2.45, 2.75) is 6.92 Å². The lowest BCUT2D eigenvalue weighted by molar-refractivity contribution is -0.145. The standard InChI is InChI=1S/C13H16N4O2/c1-9-7-16(8-10(9)13(18)19-2)12-11-3-4-15-17(11)6-5-14-12/h3-6,9-10H,7-8H2,1-2H3. The van der Waals surface area contributed by atoms with Crippen LogP contribution in [0, 0.1) is 11.8 Å². The molecule has 1 fully saturated rings. The predicted molar refractivity (Wildman–Crippen MR) is 69.9 cm³/mol. The predicted octanol–water partition coefficient (Wildman–Crippen LogP) is 0.975. The summed E-state index contributed by atoms with van der Waals surface area (Å²) in [6.45, 7) is 3.52. The Labute approximate surface area is 111 Å². The molecule has 0 spiro atoms. The van der Waals surface area contributed by atoms with Crippen molar-refractivity contribution >= 4 is 17.3 Å². The third kappa shape index (κ3) is 1.93. The SMILES string of the molecule is COC(=O)C1CN(c2nccn3nccc23)CC1C. The van der Waals surface area contributed by atoms with Gasteiger partial charge in [0, 0.05) is 25.5 Å². The first-order valence-electron chi connectivity index (χ1n) is 6.32. The molecule has 3 heterocycles. The molecule has 1 aliphatic rings. The first kappa shape index (κ1) is 12.0. The highest BCUT2D eigenvalue weighted by Crippen LogP contribution is 2.29. The number of methoxy groups -OCH3 is 1. The van der Waals surface area contributed by atoms with Crippen LogP contribution in [0.4, 0.5) is 5.82 Å². The number of ether oxygens (including phenoxy) is 1. The van der Waals surface area contributed by atoms with Gasteiger partial charge in [0.25, 0.3) is 0 Å². The summed E-state index contributed by atoms with van der Waals surface area (Å²) in [6, 6.07) is 1.93. The second kappa shape index (κ2) is 4.53. The van der Waals surface area contributed by atoms with Crippen LogP contribution in [0.3, 0.4) is 0 Å². The minimum Gasteiger partial charge on any atom is -0.469 e. The second-order valence-electron chi connectivity index (χ2n) is 4.92. The Kier molecular flexibility index (Phi) is 2.85. The summed E-state index contributed by atoms with van der Waals surface area (Å²) in [4.78, 5) is 18.3. The molecular formula is C13H16N4O2. The maximum Gasteiger partial charge on any atom is 0.310 e. The third-order valence-corrected chi connectivity index (χ3v) is 3.72. The Morgan fingerprint density at radius 2 is 2.26 bits per heavy atom. The molecule has 2 aromatic rings. The lowest BCUT2D eigenvalue weighted by Gasteiger charge is -2.17. The smallest absolute Gasteiger partial charge is 0.310 e. The van der Waals surface area contributed by atoms with Crippen molar-refractivity contribution < 1.29 is 9.53 Å². The largest absolute Gasteiger partial charge is 0.469 e. The number of aromatic nitrogens is 3. The van der Waals surface area contributed by atoms with E-state index in [2.05, 4.69) is 21.9 Å². The van der Waals surface area contributed by atoms with E-state index in [4.69, 9.17) is 4.74 Å². The summed E-state index contributed by atoms with van der Waals surface area (Å²) in [5.74, 6) is 0.904. The van der Waals surface area contributed by atoms with Gasteiger partial charge in [-0.2, -0.15) is 5.10 Å². The van der Waals surface area contributed by atoms with Crippen LogP contribution in [0.25, 0.3) is 5.52 Å². The number of fused-ring (bicyclic) bond motifs is 1. The molecule has 0 amide bonds. The summed E-state index contributed by atoms with van der Waals surface area (Å²) < 4.78 is 6.65. The fourth-order valence-corrected chi connectivity index (χ4v) is 2.68. The molecule has 0 aromatic carbocycles. The maximum atomic E-state index is 11.7. The number of nitrogens with zero attached hydrogens (tertiary/aromatic N) is 4. The van der Waals surface area contributed by atoms with Gasteiger partial charge in [0.05, 0.1) is 19.2 Å². The Morgan fingerprint density at radius 3 is 3.05 bits per heavy atom. The highest BCUT2D eigenvalue weighted by molar-refractivity contribution is 5.76. The molecule has 0 bridgehead atoms. The van der Waals surface area contributed by atoms with Gasteiger partial charge in [-0.25, -0.2) is 9.50 Å². The van der Waals surface area contributed by atoms with E-state index in [9.17, 15) is 4.79 Å². The fourth-order valence-electron chi connectivity index (χ4n) is 2.68. The lowest BCUT2D eigenvalue weighted by atomic mass is 9.99. The normalized spacial score (nSPS) is 22.9. The lowest BCUT2D eigenvalue weighted by Crippen LogP contribution is -2.25. The first-order chi connectivity index (χ1) is 9.20. The molecule has 0 N–H and O–H groups in total. The quantitative estimate of drug-likeness (QED) is 0.753. The van der Waals surface area contributed by atoms with Gasteiger partial charge in [0.2, 0.25) is 0 Å². The molecule has 1 saturated heterocycles. The van der Waals surface area contributed by atoms with Crippen molar-refractivity contribution in [3.8, 4) is 0 Å². The molecular weight excluding hydrogens is 244 g/mol. The number of hydrogen-bond donors (Lipinski definition) is 0. The Hall–Kier alpha value is -2.11. The molecule has 2 aromatic heterocycles. The summed E-state index contributed by atoms with van der Waals surface area (Å²) >= 11 is 0. The van der Waals surface area contributed by atoms with E-state index in [0.29, 0.717) is 6.54 Å². The molecule has 0 aliphatic carbocycles. The zero-order chi connectivity index (χ0) is 13.4. The Bertz CT molecular complexity index is 609. The van der Waals surface area contributed by atoms with Crippen molar-refractivity contribution in [2.24, 2.45) is 11.8 Å². The number of esters is 1. The molecule has 19 heavy (non-hydrogen) atoms. The molecule has 2 atom stereocenters. The molecule has 6 nitrogen and oxygen atoms in total. The van der Waals surface area contributed by atoms with E-state index in [1.165, 1.54) is 7.11 Å². The number of carbonyl (C=O) groups is 1. The van der Waals surface area contributed by atoms with E-state index in [-0.39, 0.29) is 17.8 Å². The van der Waals surface area contributed by atoms with Crippen LogP contribution in [0.5, 0.6) is 0 Å². The number of hydrogen-bond acceptors (Lipinski definition) is 5. The Balaban J connectivity index is 1.92. The van der Waals surface area contributed by atoms with E-state index < -0.39 is 0 Å². The van der Waals surface area contributed by atoms with Crippen molar-refractivity contribution in [2.75, 3.05) is 25.1 Å². The third-order valence-electron chi connectivity index (χ3n) is 3.72. The van der Waals surface area contributed by atoms with Crippen molar-refractivity contribution in [1.29, 1.82) is 0 Å². The van der Waals surface area contributed by atoms with Gasteiger partial charge in [0.1, 0.15) is 5.52 Å². The zero-order valence-electron chi connectivity index (χ0n) is 11.0. The molecule has 0 saturated carbocycles. The van der Waals surface area contributed by atoms with E-state index in [1.807, 2.05) is 12.3 Å². The van der Waals surface area contributed by atoms with Crippen LogP contribution in [-0.4, -0.2) is 40.8 Å². The van der Waals surface area contributed by atoms with E-state index in [1.54, 1.807) is 16.9 Å². The molecule has 100 valence electrons. The Morgan fingerprint density at radius 1 is 1.42 bits per heavy atom. The highest BCUT2D eigenvalue weighted by atomic mass is 16.5. The summed E-state index contributed by atoms with van der Waals surface area (Å²) in [7, 11) is 1.44. The van der Waals surface area contributed by atoms with Crippen molar-refractivity contribution in [1.82, 2.24) is 14.6 Å². The average Bonchev–Trinajstić information content (AvgIpc) is 3.03. The van der Waals surface area contributed by atoms with Gasteiger partial charge >= 0.3 is 5.97 Å². The van der Waals surface area contributed by atoms with Gasteiger partial charge < -0.3 is 9.64 Å². The molecule has 2 unspecified atom stereocenters. The number of carbonyl (C=O) groups excluding carboxylic acids is 1.